The van der Waals surface area contributed by atoms with Crippen molar-refractivity contribution in [3.05, 3.63) is 34.2 Å². The number of halogens is 1. The Balaban J connectivity index is 2.04. The van der Waals surface area contributed by atoms with Gasteiger partial charge in [-0.25, -0.2) is 4.98 Å². The Morgan fingerprint density at radius 3 is 2.57 bits per heavy atom. The smallest absolute Gasteiger partial charge is 0.317 e. The van der Waals surface area contributed by atoms with Crippen molar-refractivity contribution < 1.29 is 14.7 Å². The first kappa shape index (κ1) is 17.4. The predicted octanol–water partition coefficient (Wildman–Crippen LogP) is 2.73. The molecule has 1 amide bonds. The molecule has 0 radical (unpaired) electrons. The first-order valence-corrected chi connectivity index (χ1v) is 7.98. The van der Waals surface area contributed by atoms with Gasteiger partial charge in [-0.3, -0.25) is 14.5 Å². The number of aromatic nitrogens is 1. The molecule has 0 bridgehead atoms. The van der Waals surface area contributed by atoms with Crippen LogP contribution in [-0.2, 0) is 9.59 Å². The van der Waals surface area contributed by atoms with E-state index in [9.17, 15) is 9.59 Å². The van der Waals surface area contributed by atoms with E-state index in [1.165, 1.54) is 16.2 Å². The first-order chi connectivity index (χ1) is 10.8. The van der Waals surface area contributed by atoms with Crippen LogP contribution < -0.4 is 5.32 Å². The molecular weight excluding hydrogens is 338 g/mol. The number of hydrogen-bond donors (Lipinski definition) is 2. The zero-order valence-corrected chi connectivity index (χ0v) is 14.2. The van der Waals surface area contributed by atoms with Gasteiger partial charge in [0, 0.05) is 15.5 Å². The summed E-state index contributed by atoms with van der Waals surface area (Å²) in [6, 6.07) is 7.32. The van der Waals surface area contributed by atoms with Gasteiger partial charge in [0.05, 0.1) is 18.8 Å². The number of aliphatic carboxylic acids is 1. The van der Waals surface area contributed by atoms with Crippen LogP contribution in [-0.4, -0.2) is 47.0 Å². The van der Waals surface area contributed by atoms with Crippen LogP contribution in [0.1, 0.15) is 4.88 Å². The van der Waals surface area contributed by atoms with Gasteiger partial charge in [0.25, 0.3) is 0 Å². The van der Waals surface area contributed by atoms with E-state index in [1.807, 2.05) is 19.1 Å². The van der Waals surface area contributed by atoms with Gasteiger partial charge < -0.3 is 10.4 Å². The maximum absolute atomic E-state index is 11.9. The normalized spacial score (nSPS) is 10.8. The molecule has 2 N–H and O–H groups in total. The van der Waals surface area contributed by atoms with Gasteiger partial charge in [-0.1, -0.05) is 23.7 Å². The summed E-state index contributed by atoms with van der Waals surface area (Å²) in [4.78, 5) is 29.3. The van der Waals surface area contributed by atoms with E-state index in [4.69, 9.17) is 16.7 Å². The molecule has 0 fully saturated rings. The second-order valence-corrected chi connectivity index (χ2v) is 6.68. The number of anilines is 1. The van der Waals surface area contributed by atoms with Crippen molar-refractivity contribution in [3.63, 3.8) is 0 Å². The van der Waals surface area contributed by atoms with Crippen LogP contribution in [0.15, 0.2) is 24.3 Å². The number of rotatable bonds is 6. The Morgan fingerprint density at radius 1 is 1.30 bits per heavy atom. The number of nitrogens with zero attached hydrogens (tertiary/aromatic N) is 2. The summed E-state index contributed by atoms with van der Waals surface area (Å²) in [6.45, 7) is 1.72. The molecule has 122 valence electrons. The molecule has 2 aromatic rings. The maximum Gasteiger partial charge on any atom is 0.317 e. The molecule has 8 heteroatoms. The van der Waals surface area contributed by atoms with Gasteiger partial charge in [0.2, 0.25) is 5.91 Å². The van der Waals surface area contributed by atoms with Gasteiger partial charge in [-0.05, 0) is 26.1 Å². The monoisotopic (exact) mass is 353 g/mol. The Hall–Kier alpha value is -1.96. The molecular formula is C15H16ClN3O3S. The SMILES string of the molecule is Cc1sc(NC(=O)CN(C)CC(=O)O)nc1-c1ccc(Cl)cc1. The zero-order chi connectivity index (χ0) is 17.0. The quantitative estimate of drug-likeness (QED) is 0.834. The Kier molecular flexibility index (Phi) is 5.70. The van der Waals surface area contributed by atoms with Gasteiger partial charge in [0.1, 0.15) is 0 Å². The van der Waals surface area contributed by atoms with Crippen LogP contribution in [0.2, 0.25) is 5.02 Å². The second kappa shape index (κ2) is 7.54. The molecule has 0 spiro atoms. The number of carbonyl (C=O) groups excluding carboxylic acids is 1. The van der Waals surface area contributed by atoms with E-state index in [1.54, 1.807) is 19.2 Å². The molecule has 0 aliphatic carbocycles. The van der Waals surface area contributed by atoms with Crippen molar-refractivity contribution in [3.8, 4) is 11.3 Å². The highest BCUT2D eigenvalue weighted by atomic mass is 35.5. The number of benzene rings is 1. The van der Waals surface area contributed by atoms with E-state index in [2.05, 4.69) is 10.3 Å². The van der Waals surface area contributed by atoms with Crippen molar-refractivity contribution in [2.45, 2.75) is 6.92 Å². The van der Waals surface area contributed by atoms with Crippen molar-refractivity contribution in [2.75, 3.05) is 25.5 Å². The molecule has 6 nitrogen and oxygen atoms in total. The van der Waals surface area contributed by atoms with Crippen LogP contribution >= 0.6 is 22.9 Å². The van der Waals surface area contributed by atoms with Crippen molar-refractivity contribution in [2.24, 2.45) is 0 Å². The fourth-order valence-electron chi connectivity index (χ4n) is 2.02. The van der Waals surface area contributed by atoms with Crippen LogP contribution in [0.4, 0.5) is 5.13 Å². The molecule has 0 aliphatic heterocycles. The van der Waals surface area contributed by atoms with E-state index in [-0.39, 0.29) is 19.0 Å². The summed E-state index contributed by atoms with van der Waals surface area (Å²) in [5, 5.41) is 12.5. The minimum Gasteiger partial charge on any atom is -0.480 e. The van der Waals surface area contributed by atoms with E-state index >= 15 is 0 Å². The number of hydrogen-bond acceptors (Lipinski definition) is 5. The van der Waals surface area contributed by atoms with E-state index < -0.39 is 5.97 Å². The standard InChI is InChI=1S/C15H16ClN3O3S/c1-9-14(10-3-5-11(16)6-4-10)18-15(23-9)17-12(20)7-19(2)8-13(21)22/h3-6H,7-8H2,1-2H3,(H,21,22)(H,17,18,20). The van der Waals surface area contributed by atoms with Crippen LogP contribution in [0.3, 0.4) is 0 Å². The summed E-state index contributed by atoms with van der Waals surface area (Å²) in [5.41, 5.74) is 1.72. The topological polar surface area (TPSA) is 82.5 Å². The number of carboxylic acid groups (broad SMARTS) is 1. The van der Waals surface area contributed by atoms with E-state index in [0.29, 0.717) is 10.2 Å². The van der Waals surface area contributed by atoms with Crippen molar-refractivity contribution in [1.29, 1.82) is 0 Å². The summed E-state index contributed by atoms with van der Waals surface area (Å²) in [7, 11) is 1.57. The zero-order valence-electron chi connectivity index (χ0n) is 12.7. The second-order valence-electron chi connectivity index (χ2n) is 5.04. The number of amides is 1. The Labute approximate surface area is 142 Å². The number of nitrogens with one attached hydrogen (secondary N) is 1. The molecule has 0 aliphatic rings. The largest absolute Gasteiger partial charge is 0.480 e. The average molecular weight is 354 g/mol. The first-order valence-electron chi connectivity index (χ1n) is 6.78. The highest BCUT2D eigenvalue weighted by Gasteiger charge is 2.14. The summed E-state index contributed by atoms with van der Waals surface area (Å²) >= 11 is 7.25. The fraction of sp³-hybridized carbons (Fsp3) is 0.267. The van der Waals surface area contributed by atoms with Gasteiger partial charge in [0.15, 0.2) is 5.13 Å². The lowest BCUT2D eigenvalue weighted by Gasteiger charge is -2.12. The highest BCUT2D eigenvalue weighted by Crippen LogP contribution is 2.30. The minimum atomic E-state index is -0.976. The molecule has 1 aromatic carbocycles. The summed E-state index contributed by atoms with van der Waals surface area (Å²) < 4.78 is 0. The number of carbonyl (C=O) groups is 2. The molecule has 23 heavy (non-hydrogen) atoms. The lowest BCUT2D eigenvalue weighted by Crippen LogP contribution is -2.33. The minimum absolute atomic E-state index is 0.0127. The number of likely N-dealkylation sites (N-methyl/N-ethyl adjacent to an activating group) is 1. The fourth-order valence-corrected chi connectivity index (χ4v) is 2.99. The molecule has 1 aromatic heterocycles. The molecule has 0 saturated carbocycles. The van der Waals surface area contributed by atoms with Crippen LogP contribution in [0, 0.1) is 6.92 Å². The summed E-state index contributed by atoms with van der Waals surface area (Å²) in [5.74, 6) is -1.28. The van der Waals surface area contributed by atoms with Gasteiger partial charge >= 0.3 is 5.97 Å². The van der Waals surface area contributed by atoms with Crippen LogP contribution in [0.25, 0.3) is 11.3 Å². The third-order valence-electron chi connectivity index (χ3n) is 2.98. The van der Waals surface area contributed by atoms with Crippen molar-refractivity contribution >= 4 is 39.9 Å². The maximum atomic E-state index is 11.9. The van der Waals surface area contributed by atoms with E-state index in [0.717, 1.165) is 16.1 Å². The number of aryl methyl sites for hydroxylation is 1. The van der Waals surface area contributed by atoms with Gasteiger partial charge in [-0.15, -0.1) is 11.3 Å². The molecule has 0 atom stereocenters. The average Bonchev–Trinajstić information content (AvgIpc) is 2.79. The van der Waals surface area contributed by atoms with Crippen LogP contribution in [0.5, 0.6) is 0 Å². The van der Waals surface area contributed by atoms with Crippen molar-refractivity contribution in [1.82, 2.24) is 9.88 Å². The summed E-state index contributed by atoms with van der Waals surface area (Å²) in [6.07, 6.45) is 0. The Bertz CT molecular complexity index is 715. The highest BCUT2D eigenvalue weighted by molar-refractivity contribution is 7.16. The molecule has 0 saturated heterocycles. The third kappa shape index (κ3) is 5.02. The number of carboxylic acids is 1. The molecule has 0 unspecified atom stereocenters. The lowest BCUT2D eigenvalue weighted by molar-refractivity contribution is -0.138. The predicted molar refractivity (Wildman–Crippen MR) is 91.1 cm³/mol. The van der Waals surface area contributed by atoms with Gasteiger partial charge in [-0.2, -0.15) is 0 Å². The Morgan fingerprint density at radius 2 is 1.96 bits per heavy atom. The lowest BCUT2D eigenvalue weighted by atomic mass is 10.1. The molecule has 1 heterocycles. The third-order valence-corrected chi connectivity index (χ3v) is 4.12. The number of thiazole rings is 1. The molecule has 2 rings (SSSR count).